The van der Waals surface area contributed by atoms with Crippen molar-refractivity contribution in [2.45, 2.75) is 6.10 Å². The molecule has 2 aromatic rings. The Hall–Kier alpha value is -1.86. The lowest BCUT2D eigenvalue weighted by Crippen LogP contribution is -2.21. The molecule has 19 heavy (non-hydrogen) atoms. The second-order valence-corrected chi connectivity index (χ2v) is 4.14. The summed E-state index contributed by atoms with van der Waals surface area (Å²) < 4.78 is 6.82. The van der Waals surface area contributed by atoms with E-state index < -0.39 is 6.10 Å². The van der Waals surface area contributed by atoms with E-state index in [-0.39, 0.29) is 5.88 Å². The fourth-order valence-electron chi connectivity index (χ4n) is 1.53. The van der Waals surface area contributed by atoms with Gasteiger partial charge in [0.15, 0.2) is 0 Å². The van der Waals surface area contributed by atoms with E-state index in [0.29, 0.717) is 12.3 Å². The van der Waals surface area contributed by atoms with Gasteiger partial charge in [-0.05, 0) is 22.6 Å². The molecule has 1 atom stereocenters. The Bertz CT molecular complexity index is 520. The van der Waals surface area contributed by atoms with Crippen LogP contribution >= 0.6 is 11.6 Å². The van der Waals surface area contributed by atoms with Gasteiger partial charge in [0.1, 0.15) is 12.1 Å². The number of anilines is 1. The number of aromatic nitrogens is 4. The maximum atomic E-state index is 9.42. The predicted molar refractivity (Wildman–Crippen MR) is 70.9 cm³/mol. The highest BCUT2D eigenvalue weighted by Gasteiger charge is 2.08. The number of nitrogens with zero attached hydrogens (tertiary/aromatic N) is 4. The fourth-order valence-corrected chi connectivity index (χ4v) is 1.64. The molecule has 1 aromatic heterocycles. The summed E-state index contributed by atoms with van der Waals surface area (Å²) in [7, 11) is 1.57. The highest BCUT2D eigenvalue weighted by atomic mass is 35.5. The van der Waals surface area contributed by atoms with E-state index in [4.69, 9.17) is 16.3 Å². The van der Waals surface area contributed by atoms with Crippen LogP contribution in [-0.2, 0) is 0 Å². The molecule has 8 heteroatoms. The number of halogens is 1. The Labute approximate surface area is 115 Å². The van der Waals surface area contributed by atoms with Gasteiger partial charge in [-0.2, -0.15) is 0 Å². The molecular formula is C11H14ClN5O2. The zero-order chi connectivity index (χ0) is 13.7. The van der Waals surface area contributed by atoms with Crippen LogP contribution in [0.15, 0.2) is 24.5 Å². The van der Waals surface area contributed by atoms with Crippen molar-refractivity contribution < 1.29 is 9.84 Å². The molecule has 0 fully saturated rings. The molecule has 0 spiro atoms. The average molecular weight is 284 g/mol. The maximum absolute atomic E-state index is 9.42. The van der Waals surface area contributed by atoms with E-state index in [9.17, 15) is 5.11 Å². The molecule has 7 nitrogen and oxygen atoms in total. The predicted octanol–water partition coefficient (Wildman–Crippen LogP) is 0.682. The van der Waals surface area contributed by atoms with Crippen molar-refractivity contribution in [2.24, 2.45) is 0 Å². The van der Waals surface area contributed by atoms with Crippen LogP contribution in [0.1, 0.15) is 0 Å². The van der Waals surface area contributed by atoms with E-state index in [1.54, 1.807) is 13.2 Å². The molecule has 0 radical (unpaired) electrons. The highest BCUT2D eigenvalue weighted by Crippen LogP contribution is 2.26. The Morgan fingerprint density at radius 1 is 1.53 bits per heavy atom. The highest BCUT2D eigenvalue weighted by molar-refractivity contribution is 6.18. The van der Waals surface area contributed by atoms with Crippen molar-refractivity contribution in [3.63, 3.8) is 0 Å². The molecule has 1 unspecified atom stereocenters. The molecule has 0 aliphatic rings. The number of aliphatic hydroxyl groups is 1. The summed E-state index contributed by atoms with van der Waals surface area (Å²) in [6.45, 7) is 0.351. The number of aliphatic hydroxyl groups excluding tert-OH is 1. The molecule has 0 amide bonds. The van der Waals surface area contributed by atoms with E-state index in [2.05, 4.69) is 20.8 Å². The Kier molecular flexibility index (Phi) is 4.53. The molecule has 0 saturated carbocycles. The molecule has 2 N–H and O–H groups in total. The summed E-state index contributed by atoms with van der Waals surface area (Å²) in [4.78, 5) is 0. The van der Waals surface area contributed by atoms with Gasteiger partial charge in [-0.3, -0.25) is 0 Å². The van der Waals surface area contributed by atoms with Crippen LogP contribution < -0.4 is 10.1 Å². The summed E-state index contributed by atoms with van der Waals surface area (Å²) >= 11 is 5.54. The van der Waals surface area contributed by atoms with Gasteiger partial charge in [0.2, 0.25) is 0 Å². The molecule has 0 bridgehead atoms. The molecule has 2 rings (SSSR count). The molecule has 1 aromatic carbocycles. The van der Waals surface area contributed by atoms with E-state index in [1.807, 2.05) is 12.1 Å². The molecular weight excluding hydrogens is 270 g/mol. The summed E-state index contributed by atoms with van der Waals surface area (Å²) in [5.74, 6) is 0.813. The Balaban J connectivity index is 2.17. The van der Waals surface area contributed by atoms with Crippen molar-refractivity contribution in [3.05, 3.63) is 24.5 Å². The van der Waals surface area contributed by atoms with Gasteiger partial charge in [-0.25, -0.2) is 4.68 Å². The van der Waals surface area contributed by atoms with Crippen molar-refractivity contribution in [1.29, 1.82) is 0 Å². The zero-order valence-corrected chi connectivity index (χ0v) is 11.1. The van der Waals surface area contributed by atoms with Crippen LogP contribution in [-0.4, -0.2) is 51.0 Å². The van der Waals surface area contributed by atoms with E-state index in [0.717, 1.165) is 11.4 Å². The number of nitrogens with one attached hydrogen (secondary N) is 1. The summed E-state index contributed by atoms with van der Waals surface area (Å²) in [5.41, 5.74) is 1.55. The van der Waals surface area contributed by atoms with E-state index >= 15 is 0 Å². The van der Waals surface area contributed by atoms with Crippen LogP contribution in [0, 0.1) is 0 Å². The lowest BCUT2D eigenvalue weighted by atomic mass is 10.2. The lowest BCUT2D eigenvalue weighted by Gasteiger charge is -2.14. The first-order valence-corrected chi connectivity index (χ1v) is 6.17. The third kappa shape index (κ3) is 3.33. The maximum Gasteiger partial charge on any atom is 0.144 e. The minimum Gasteiger partial charge on any atom is -0.495 e. The first-order chi connectivity index (χ1) is 9.24. The quantitative estimate of drug-likeness (QED) is 0.759. The number of methoxy groups -OCH3 is 1. The first-order valence-electron chi connectivity index (χ1n) is 5.64. The minimum absolute atomic E-state index is 0.179. The van der Waals surface area contributed by atoms with Crippen molar-refractivity contribution in [1.82, 2.24) is 20.2 Å². The number of hydrogen-bond donors (Lipinski definition) is 2. The standard InChI is InChI=1S/C11H14ClN5O2/c1-19-11-4-8(17-7-14-15-16-17)2-3-10(11)13-6-9(18)5-12/h2-4,7,9,13,18H,5-6H2,1H3. The molecule has 0 aliphatic heterocycles. The van der Waals surface area contributed by atoms with Crippen LogP contribution in [0.2, 0.25) is 0 Å². The number of alkyl halides is 1. The zero-order valence-electron chi connectivity index (χ0n) is 10.3. The topological polar surface area (TPSA) is 85.1 Å². The van der Waals surface area contributed by atoms with E-state index in [1.165, 1.54) is 11.0 Å². The third-order valence-corrected chi connectivity index (χ3v) is 2.86. The molecule has 0 saturated heterocycles. The number of rotatable bonds is 6. The third-order valence-electron chi connectivity index (χ3n) is 2.50. The number of benzene rings is 1. The number of hydrogen-bond acceptors (Lipinski definition) is 6. The first kappa shape index (κ1) is 13.6. The average Bonchev–Trinajstić information content (AvgIpc) is 2.98. The smallest absolute Gasteiger partial charge is 0.144 e. The SMILES string of the molecule is COc1cc(-n2cnnn2)ccc1NCC(O)CCl. The van der Waals surface area contributed by atoms with Crippen LogP contribution in [0.25, 0.3) is 5.69 Å². The normalized spacial score (nSPS) is 12.2. The van der Waals surface area contributed by atoms with Crippen molar-refractivity contribution in [3.8, 4) is 11.4 Å². The summed E-state index contributed by atoms with van der Waals surface area (Å²) in [6, 6.07) is 5.47. The van der Waals surface area contributed by atoms with Crippen molar-refractivity contribution >= 4 is 17.3 Å². The number of ether oxygens (including phenoxy) is 1. The molecule has 1 heterocycles. The molecule has 102 valence electrons. The monoisotopic (exact) mass is 283 g/mol. The Morgan fingerprint density at radius 2 is 2.37 bits per heavy atom. The summed E-state index contributed by atoms with van der Waals surface area (Å²) in [6.07, 6.45) is 0.893. The lowest BCUT2D eigenvalue weighted by molar-refractivity contribution is 0.211. The van der Waals surface area contributed by atoms with Gasteiger partial charge >= 0.3 is 0 Å². The van der Waals surface area contributed by atoms with Gasteiger partial charge in [-0.15, -0.1) is 16.7 Å². The van der Waals surface area contributed by atoms with Crippen LogP contribution in [0.3, 0.4) is 0 Å². The number of tetrazole rings is 1. The van der Waals surface area contributed by atoms with Gasteiger partial charge in [-0.1, -0.05) is 0 Å². The second-order valence-electron chi connectivity index (χ2n) is 3.83. The van der Waals surface area contributed by atoms with Gasteiger partial charge in [0.25, 0.3) is 0 Å². The second kappa shape index (κ2) is 6.35. The minimum atomic E-state index is -0.606. The molecule has 0 aliphatic carbocycles. The fraction of sp³-hybridized carbons (Fsp3) is 0.364. The van der Waals surface area contributed by atoms with Gasteiger partial charge in [0.05, 0.1) is 30.5 Å². The Morgan fingerprint density at radius 3 is 3.00 bits per heavy atom. The van der Waals surface area contributed by atoms with Crippen LogP contribution in [0.5, 0.6) is 5.75 Å². The summed E-state index contributed by atoms with van der Waals surface area (Å²) in [5, 5.41) is 23.4. The van der Waals surface area contributed by atoms with Gasteiger partial charge < -0.3 is 15.2 Å². The van der Waals surface area contributed by atoms with Crippen molar-refractivity contribution in [2.75, 3.05) is 24.9 Å². The van der Waals surface area contributed by atoms with Crippen LogP contribution in [0.4, 0.5) is 5.69 Å². The largest absolute Gasteiger partial charge is 0.495 e. The van der Waals surface area contributed by atoms with Gasteiger partial charge in [0, 0.05) is 12.6 Å².